The molecule has 0 unspecified atom stereocenters. The second-order valence-corrected chi connectivity index (χ2v) is 22.2. The molecule has 4 heteroatoms. The van der Waals surface area contributed by atoms with E-state index >= 15 is 0 Å². The SMILES string of the molecule is Cc1ccc(N(c2ccc(-c3ccc(N(c4cccc(C)c4)c4cccc(C)c4)cc3)cc2)c2cccc(C)c2)cc1.Cc1ccc(N(c2ccc(C)cc2)c2ccc(-c3ccc(N(c4ccc(C)cc4)c4ccc(C)cc4)cc3)cc2)cc1. The minimum Gasteiger partial charge on any atom is -0.311 e. The average molecular weight is 1090 g/mol. The highest BCUT2D eigenvalue weighted by molar-refractivity contribution is 5.83. The van der Waals surface area contributed by atoms with Gasteiger partial charge in [-0.1, -0.05) is 173 Å². The van der Waals surface area contributed by atoms with E-state index in [1.165, 1.54) is 66.8 Å². The lowest BCUT2D eigenvalue weighted by Gasteiger charge is -2.27. The molecular weight excluding hydrogens is 1020 g/mol. The Hall–Kier alpha value is -10.2. The van der Waals surface area contributed by atoms with Gasteiger partial charge in [0.1, 0.15) is 0 Å². The normalized spacial score (nSPS) is 10.9. The lowest BCUT2D eigenvalue weighted by molar-refractivity contribution is 1.26. The molecular formula is C80H72N4. The molecule has 0 aromatic heterocycles. The van der Waals surface area contributed by atoms with E-state index in [0.717, 1.165) is 68.2 Å². The summed E-state index contributed by atoms with van der Waals surface area (Å²) in [6.07, 6.45) is 0. The van der Waals surface area contributed by atoms with E-state index in [4.69, 9.17) is 0 Å². The molecule has 0 heterocycles. The molecule has 0 aliphatic carbocycles. The fraction of sp³-hybridized carbons (Fsp3) is 0.100. The molecule has 4 nitrogen and oxygen atoms in total. The van der Waals surface area contributed by atoms with Gasteiger partial charge in [0, 0.05) is 68.2 Å². The van der Waals surface area contributed by atoms with Gasteiger partial charge in [0.2, 0.25) is 0 Å². The van der Waals surface area contributed by atoms with Crippen molar-refractivity contribution in [1.82, 2.24) is 0 Å². The van der Waals surface area contributed by atoms with Gasteiger partial charge in [-0.2, -0.15) is 0 Å². The molecule has 0 spiro atoms. The molecule has 12 rings (SSSR count). The summed E-state index contributed by atoms with van der Waals surface area (Å²) in [5, 5.41) is 0. The number of benzene rings is 12. The van der Waals surface area contributed by atoms with E-state index in [1.54, 1.807) is 0 Å². The summed E-state index contributed by atoms with van der Waals surface area (Å²) in [5.41, 5.74) is 28.5. The highest BCUT2D eigenvalue weighted by Gasteiger charge is 2.18. The van der Waals surface area contributed by atoms with Gasteiger partial charge in [-0.3, -0.25) is 0 Å². The summed E-state index contributed by atoms with van der Waals surface area (Å²) >= 11 is 0. The molecule has 0 saturated heterocycles. The second kappa shape index (κ2) is 25.3. The first kappa shape index (κ1) is 55.7. The maximum Gasteiger partial charge on any atom is 0.0464 e. The summed E-state index contributed by atoms with van der Waals surface area (Å²) in [6, 6.07) is 105. The van der Waals surface area contributed by atoms with Crippen molar-refractivity contribution >= 4 is 68.2 Å². The van der Waals surface area contributed by atoms with Crippen LogP contribution < -0.4 is 19.6 Å². The molecule has 12 aromatic carbocycles. The molecule has 0 aliphatic heterocycles. The molecule has 0 N–H and O–H groups in total. The Labute approximate surface area is 498 Å². The van der Waals surface area contributed by atoms with Crippen molar-refractivity contribution in [2.24, 2.45) is 0 Å². The van der Waals surface area contributed by atoms with Gasteiger partial charge >= 0.3 is 0 Å². The predicted octanol–water partition coefficient (Wildman–Crippen LogP) is 23.1. The highest BCUT2D eigenvalue weighted by atomic mass is 15.2. The molecule has 412 valence electrons. The van der Waals surface area contributed by atoms with Crippen LogP contribution in [0, 0.1) is 55.4 Å². The maximum atomic E-state index is 2.33. The summed E-state index contributed by atoms with van der Waals surface area (Å²) in [7, 11) is 0. The number of anilines is 12. The van der Waals surface area contributed by atoms with Crippen LogP contribution in [0.5, 0.6) is 0 Å². The minimum atomic E-state index is 1.13. The Kier molecular flexibility index (Phi) is 16.8. The highest BCUT2D eigenvalue weighted by Crippen LogP contribution is 2.41. The van der Waals surface area contributed by atoms with Crippen LogP contribution in [0.1, 0.15) is 44.5 Å². The quantitative estimate of drug-likeness (QED) is 0.108. The number of aryl methyl sites for hydroxylation is 8. The van der Waals surface area contributed by atoms with Gasteiger partial charge in [0.25, 0.3) is 0 Å². The Morgan fingerprint density at radius 1 is 0.143 bits per heavy atom. The van der Waals surface area contributed by atoms with Crippen LogP contribution in [0.2, 0.25) is 0 Å². The molecule has 0 aliphatic rings. The fourth-order valence-corrected chi connectivity index (χ4v) is 10.8. The molecule has 84 heavy (non-hydrogen) atoms. The first-order chi connectivity index (χ1) is 40.9. The molecule has 0 bridgehead atoms. The topological polar surface area (TPSA) is 13.0 Å². The Bertz CT molecular complexity index is 3820. The van der Waals surface area contributed by atoms with Crippen LogP contribution in [0.3, 0.4) is 0 Å². The maximum absolute atomic E-state index is 2.33. The van der Waals surface area contributed by atoms with E-state index < -0.39 is 0 Å². The van der Waals surface area contributed by atoms with Crippen LogP contribution in [0.4, 0.5) is 68.2 Å². The summed E-state index contributed by atoms with van der Waals surface area (Å²) in [5.74, 6) is 0. The molecule has 0 saturated carbocycles. The van der Waals surface area contributed by atoms with Gasteiger partial charge < -0.3 is 19.6 Å². The average Bonchev–Trinajstić information content (AvgIpc) is 3.60. The van der Waals surface area contributed by atoms with Crippen LogP contribution >= 0.6 is 0 Å². The standard InChI is InChI=1S/2C40H36N2/c1-29-5-17-35(18-6-29)41(36-19-7-30(2)8-20-36)39-25-13-33(14-26-39)34-15-27-40(28-16-34)42(37-21-9-31(3)10-22-37)38-23-11-32(4)12-24-38;1-29-14-20-35(21-15-29)41(38-11-5-8-30(2)26-38)36-22-16-33(17-23-36)34-18-24-37(25-19-34)42(39-12-6-9-31(3)27-39)40-13-7-10-32(4)28-40/h2*5-28H,1-4H3. The lowest BCUT2D eigenvalue weighted by Crippen LogP contribution is -2.10. The zero-order valence-electron chi connectivity index (χ0n) is 49.5. The predicted molar refractivity (Wildman–Crippen MR) is 360 cm³/mol. The van der Waals surface area contributed by atoms with E-state index in [1.807, 2.05) is 0 Å². The van der Waals surface area contributed by atoms with E-state index in [9.17, 15) is 0 Å². The Balaban J connectivity index is 0.000000175. The molecule has 12 aromatic rings. The fourth-order valence-electron chi connectivity index (χ4n) is 10.8. The first-order valence-electron chi connectivity index (χ1n) is 29.0. The van der Waals surface area contributed by atoms with E-state index in [-0.39, 0.29) is 0 Å². The third-order valence-electron chi connectivity index (χ3n) is 15.4. The molecule has 0 radical (unpaired) electrons. The van der Waals surface area contributed by atoms with Crippen molar-refractivity contribution in [2.75, 3.05) is 19.6 Å². The van der Waals surface area contributed by atoms with Crippen LogP contribution in [-0.2, 0) is 0 Å². The van der Waals surface area contributed by atoms with E-state index in [0.29, 0.717) is 0 Å². The van der Waals surface area contributed by atoms with Crippen molar-refractivity contribution in [1.29, 1.82) is 0 Å². The zero-order chi connectivity index (χ0) is 58.1. The minimum absolute atomic E-state index is 1.13. The first-order valence-corrected chi connectivity index (χ1v) is 29.0. The van der Waals surface area contributed by atoms with Crippen LogP contribution in [-0.4, -0.2) is 0 Å². The van der Waals surface area contributed by atoms with Gasteiger partial charge in [-0.15, -0.1) is 0 Å². The van der Waals surface area contributed by atoms with Crippen molar-refractivity contribution in [3.05, 3.63) is 336 Å². The van der Waals surface area contributed by atoms with Crippen molar-refractivity contribution < 1.29 is 0 Å². The summed E-state index contributed by atoms with van der Waals surface area (Å²) in [4.78, 5) is 9.27. The van der Waals surface area contributed by atoms with Crippen molar-refractivity contribution in [3.8, 4) is 22.3 Å². The third-order valence-corrected chi connectivity index (χ3v) is 15.4. The van der Waals surface area contributed by atoms with Gasteiger partial charge in [0.15, 0.2) is 0 Å². The van der Waals surface area contributed by atoms with Crippen LogP contribution in [0.15, 0.2) is 291 Å². The van der Waals surface area contributed by atoms with Crippen molar-refractivity contribution in [2.45, 2.75) is 55.4 Å². The van der Waals surface area contributed by atoms with Crippen molar-refractivity contribution in [3.63, 3.8) is 0 Å². The van der Waals surface area contributed by atoms with Gasteiger partial charge in [-0.05, 0) is 240 Å². The summed E-state index contributed by atoms with van der Waals surface area (Å²) in [6.45, 7) is 17.1. The second-order valence-electron chi connectivity index (χ2n) is 22.2. The number of nitrogens with zero attached hydrogens (tertiary/aromatic N) is 4. The Morgan fingerprint density at radius 3 is 0.476 bits per heavy atom. The number of hydrogen-bond donors (Lipinski definition) is 0. The molecule has 0 atom stereocenters. The number of rotatable bonds is 14. The van der Waals surface area contributed by atoms with Gasteiger partial charge in [-0.25, -0.2) is 0 Å². The molecule has 0 fully saturated rings. The van der Waals surface area contributed by atoms with E-state index in [2.05, 4.69) is 366 Å². The Morgan fingerprint density at radius 2 is 0.298 bits per heavy atom. The van der Waals surface area contributed by atoms with Gasteiger partial charge in [0.05, 0.1) is 0 Å². The zero-order valence-corrected chi connectivity index (χ0v) is 49.5. The smallest absolute Gasteiger partial charge is 0.0464 e. The number of hydrogen-bond acceptors (Lipinski definition) is 4. The van der Waals surface area contributed by atoms with Crippen LogP contribution in [0.25, 0.3) is 22.3 Å². The summed E-state index contributed by atoms with van der Waals surface area (Å²) < 4.78 is 0. The molecule has 0 amide bonds. The lowest BCUT2D eigenvalue weighted by atomic mass is 10.0. The largest absolute Gasteiger partial charge is 0.311 e. The third kappa shape index (κ3) is 13.1. The monoisotopic (exact) mass is 1090 g/mol.